The van der Waals surface area contributed by atoms with Crippen LogP contribution in [0.4, 0.5) is 0 Å². The Morgan fingerprint density at radius 1 is 0.704 bits per heavy atom. The molecule has 3 aromatic rings. The average molecular weight is 369 g/mol. The normalized spacial score (nSPS) is 11.4. The number of carbonyl (C=O) groups excluding carboxylic acids is 1. The Morgan fingerprint density at radius 3 is 1.52 bits per heavy atom. The van der Waals surface area contributed by atoms with Gasteiger partial charge in [0.15, 0.2) is 0 Å². The zero-order valence-corrected chi connectivity index (χ0v) is 17.1. The molecule has 3 rings (SSSR count). The molecule has 0 bridgehead atoms. The van der Waals surface area contributed by atoms with Crippen LogP contribution in [-0.4, -0.2) is 13.9 Å². The van der Waals surface area contributed by atoms with Crippen molar-refractivity contribution in [3.8, 4) is 11.5 Å². The first kappa shape index (κ1) is 18.9. The third kappa shape index (κ3) is 3.79. The van der Waals surface area contributed by atoms with E-state index in [0.29, 0.717) is 5.56 Å². The van der Waals surface area contributed by atoms with E-state index in [0.717, 1.165) is 0 Å². The minimum Gasteiger partial charge on any atom is -0.279 e. The van der Waals surface area contributed by atoms with E-state index in [1.54, 1.807) is 0 Å². The summed E-state index contributed by atoms with van der Waals surface area (Å²) in [6.07, 6.45) is 0. The summed E-state index contributed by atoms with van der Waals surface area (Å²) in [5, 5.41) is 2.38. The van der Waals surface area contributed by atoms with Crippen LogP contribution >= 0.6 is 0 Å². The van der Waals surface area contributed by atoms with E-state index in [4.69, 9.17) is 0 Å². The number of Topliss-reactive ketones (excluding diaryl/α,β-unsaturated/α-hetero) is 1. The van der Waals surface area contributed by atoms with Crippen molar-refractivity contribution in [1.29, 1.82) is 0 Å². The van der Waals surface area contributed by atoms with Gasteiger partial charge in [0.25, 0.3) is 0 Å². The van der Waals surface area contributed by atoms with E-state index in [9.17, 15) is 4.79 Å². The molecule has 2 heteroatoms. The van der Waals surface area contributed by atoms with Crippen LogP contribution in [-0.2, 0) is 0 Å². The Morgan fingerprint density at radius 2 is 1.11 bits per heavy atom. The van der Waals surface area contributed by atoms with Gasteiger partial charge in [0.05, 0.1) is 0 Å². The zero-order chi connectivity index (χ0) is 19.3. The summed E-state index contributed by atoms with van der Waals surface area (Å²) in [5.41, 5.74) is 4.19. The molecule has 0 N–H and O–H groups in total. The zero-order valence-electron chi connectivity index (χ0n) is 16.1. The fourth-order valence-corrected chi connectivity index (χ4v) is 7.97. The highest BCUT2D eigenvalue weighted by atomic mass is 28.3. The van der Waals surface area contributed by atoms with Gasteiger partial charge in [-0.05, 0) is 21.3 Å². The lowest BCUT2D eigenvalue weighted by atomic mass is 10.1. The van der Waals surface area contributed by atoms with Crippen molar-refractivity contribution in [2.45, 2.75) is 25.8 Å². The molecule has 0 heterocycles. The third-order valence-electron chi connectivity index (χ3n) is 4.94. The van der Waals surface area contributed by atoms with Crippen LogP contribution in [0.15, 0.2) is 91.0 Å². The smallest absolute Gasteiger partial charge is 0.235 e. The monoisotopic (exact) mass is 368 g/mol. The maximum atomic E-state index is 12.7. The van der Waals surface area contributed by atoms with Crippen molar-refractivity contribution < 1.29 is 4.79 Å². The first-order chi connectivity index (χ1) is 12.9. The standard InChI is InChI=1S/C25H24OSi/c1-25(2,3)27(22-15-9-5-10-16-22,23-17-11-6-12-18-23)20-19-24(26)21-13-7-4-8-14-21/h4-18H,1-3H3. The molecule has 0 radical (unpaired) electrons. The molecular formula is C25H24OSi. The Kier molecular flexibility index (Phi) is 5.44. The molecule has 27 heavy (non-hydrogen) atoms. The van der Waals surface area contributed by atoms with Gasteiger partial charge < -0.3 is 0 Å². The van der Waals surface area contributed by atoms with Crippen molar-refractivity contribution in [2.75, 3.05) is 0 Å². The molecule has 3 aromatic carbocycles. The van der Waals surface area contributed by atoms with Crippen LogP contribution in [0.2, 0.25) is 5.04 Å². The molecule has 0 atom stereocenters. The van der Waals surface area contributed by atoms with Crippen LogP contribution < -0.4 is 10.4 Å². The lowest BCUT2D eigenvalue weighted by Gasteiger charge is -2.39. The van der Waals surface area contributed by atoms with E-state index in [-0.39, 0.29) is 10.8 Å². The van der Waals surface area contributed by atoms with E-state index in [2.05, 4.69) is 80.8 Å². The van der Waals surface area contributed by atoms with Gasteiger partial charge in [-0.25, -0.2) is 0 Å². The van der Waals surface area contributed by atoms with Crippen LogP contribution in [0.3, 0.4) is 0 Å². The van der Waals surface area contributed by atoms with Crippen LogP contribution in [0, 0.1) is 11.5 Å². The Hall–Kier alpha value is -2.89. The lowest BCUT2D eigenvalue weighted by Crippen LogP contribution is -2.63. The van der Waals surface area contributed by atoms with Crippen molar-refractivity contribution in [3.63, 3.8) is 0 Å². The van der Waals surface area contributed by atoms with E-state index >= 15 is 0 Å². The third-order valence-corrected chi connectivity index (χ3v) is 10.1. The molecule has 0 aromatic heterocycles. The number of hydrogen-bond acceptors (Lipinski definition) is 1. The molecule has 0 unspecified atom stereocenters. The van der Waals surface area contributed by atoms with Gasteiger partial charge in [0.1, 0.15) is 0 Å². The number of hydrogen-bond donors (Lipinski definition) is 0. The quantitative estimate of drug-likeness (QED) is 0.379. The molecule has 0 aliphatic carbocycles. The summed E-state index contributed by atoms with van der Waals surface area (Å²) in [7, 11) is -2.53. The highest BCUT2D eigenvalue weighted by Gasteiger charge is 2.47. The van der Waals surface area contributed by atoms with Crippen LogP contribution in [0.1, 0.15) is 31.1 Å². The first-order valence-electron chi connectivity index (χ1n) is 9.19. The molecule has 1 nitrogen and oxygen atoms in total. The Balaban J connectivity index is 2.23. The summed E-state index contributed by atoms with van der Waals surface area (Å²) >= 11 is 0. The largest absolute Gasteiger partial charge is 0.279 e. The summed E-state index contributed by atoms with van der Waals surface area (Å²) in [4.78, 5) is 12.7. The van der Waals surface area contributed by atoms with Crippen molar-refractivity contribution >= 4 is 24.2 Å². The fourth-order valence-electron chi connectivity index (χ4n) is 3.55. The number of rotatable bonds is 3. The predicted octanol–water partition coefficient (Wildman–Crippen LogP) is 4.48. The minimum atomic E-state index is -2.53. The maximum Gasteiger partial charge on any atom is 0.235 e. The number of ketones is 1. The van der Waals surface area contributed by atoms with Crippen molar-refractivity contribution in [3.05, 3.63) is 96.6 Å². The highest BCUT2D eigenvalue weighted by Crippen LogP contribution is 2.35. The first-order valence-corrected chi connectivity index (χ1v) is 11.2. The molecule has 0 saturated heterocycles. The Labute approximate surface area is 163 Å². The summed E-state index contributed by atoms with van der Waals surface area (Å²) in [6.45, 7) is 6.71. The molecule has 0 amide bonds. The molecule has 0 saturated carbocycles. The summed E-state index contributed by atoms with van der Waals surface area (Å²) < 4.78 is 0. The fraction of sp³-hybridized carbons (Fsp3) is 0.160. The Bertz CT molecular complexity index is 919. The predicted molar refractivity (Wildman–Crippen MR) is 116 cm³/mol. The van der Waals surface area contributed by atoms with Crippen molar-refractivity contribution in [1.82, 2.24) is 0 Å². The van der Waals surface area contributed by atoms with Gasteiger partial charge in [-0.2, -0.15) is 0 Å². The summed E-state index contributed by atoms with van der Waals surface area (Å²) in [6, 6.07) is 30.2. The van der Waals surface area contributed by atoms with E-state index in [1.807, 2.05) is 42.5 Å². The van der Waals surface area contributed by atoms with E-state index in [1.165, 1.54) is 10.4 Å². The average Bonchev–Trinajstić information content (AvgIpc) is 2.69. The van der Waals surface area contributed by atoms with Gasteiger partial charge >= 0.3 is 0 Å². The second-order valence-electron chi connectivity index (χ2n) is 7.68. The van der Waals surface area contributed by atoms with Gasteiger partial charge in [-0.1, -0.05) is 112 Å². The highest BCUT2D eigenvalue weighted by molar-refractivity contribution is 7.10. The second kappa shape index (κ2) is 7.78. The second-order valence-corrected chi connectivity index (χ2v) is 12.1. The topological polar surface area (TPSA) is 17.1 Å². The minimum absolute atomic E-state index is 0.0837. The molecule has 0 aliphatic heterocycles. The van der Waals surface area contributed by atoms with Gasteiger partial charge in [0, 0.05) is 5.56 Å². The molecule has 134 valence electrons. The summed E-state index contributed by atoms with van der Waals surface area (Å²) in [5.74, 6) is 2.89. The van der Waals surface area contributed by atoms with Crippen LogP contribution in [0.5, 0.6) is 0 Å². The van der Waals surface area contributed by atoms with Gasteiger partial charge in [0.2, 0.25) is 13.9 Å². The lowest BCUT2D eigenvalue weighted by molar-refractivity contribution is 0.105. The molecule has 0 spiro atoms. The van der Waals surface area contributed by atoms with Gasteiger partial charge in [-0.3, -0.25) is 4.79 Å². The van der Waals surface area contributed by atoms with Crippen molar-refractivity contribution in [2.24, 2.45) is 0 Å². The maximum absolute atomic E-state index is 12.7. The SMILES string of the molecule is CC(C)(C)[Si](C#CC(=O)c1ccccc1)(c1ccccc1)c1ccccc1. The number of benzene rings is 3. The van der Waals surface area contributed by atoms with E-state index < -0.39 is 8.07 Å². The van der Waals surface area contributed by atoms with Gasteiger partial charge in [-0.15, -0.1) is 5.54 Å². The molecular weight excluding hydrogens is 344 g/mol. The molecule has 0 fully saturated rings. The van der Waals surface area contributed by atoms with Crippen LogP contribution in [0.25, 0.3) is 0 Å². The molecule has 0 aliphatic rings. The number of carbonyl (C=O) groups is 1.